The van der Waals surface area contributed by atoms with Crippen LogP contribution in [-0.4, -0.2) is 40.9 Å². The third-order valence-electron chi connectivity index (χ3n) is 3.53. The lowest BCUT2D eigenvalue weighted by Gasteiger charge is -2.36. The predicted molar refractivity (Wildman–Crippen MR) is 77.6 cm³/mol. The third kappa shape index (κ3) is 4.17. The van der Waals surface area contributed by atoms with Gasteiger partial charge in [0.05, 0.1) is 12.6 Å². The van der Waals surface area contributed by atoms with Crippen molar-refractivity contribution >= 4 is 6.09 Å². The second kappa shape index (κ2) is 6.02. The molecule has 1 aliphatic rings. The van der Waals surface area contributed by atoms with Crippen LogP contribution in [0.5, 0.6) is 0 Å². The second-order valence-corrected chi connectivity index (χ2v) is 6.44. The lowest BCUT2D eigenvalue weighted by molar-refractivity contribution is -0.00152. The van der Waals surface area contributed by atoms with Crippen LogP contribution < -0.4 is 0 Å². The minimum absolute atomic E-state index is 0.0794. The SMILES string of the molecule is CC(C)(C)OC(=O)N1CC[C@@H](c2ccc(F)cc2)[C@@H](O)C1. The molecule has 4 nitrogen and oxygen atoms in total. The maximum Gasteiger partial charge on any atom is 0.410 e. The first-order valence-electron chi connectivity index (χ1n) is 7.18. The first kappa shape index (κ1) is 15.8. The van der Waals surface area contributed by atoms with Crippen LogP contribution in [0.4, 0.5) is 9.18 Å². The molecule has 0 radical (unpaired) electrons. The number of benzene rings is 1. The number of nitrogens with zero attached hydrogens (tertiary/aromatic N) is 1. The Balaban J connectivity index is 1.99. The summed E-state index contributed by atoms with van der Waals surface area (Å²) < 4.78 is 18.3. The van der Waals surface area contributed by atoms with E-state index in [1.807, 2.05) is 20.8 Å². The molecule has 1 saturated heterocycles. The summed E-state index contributed by atoms with van der Waals surface area (Å²) in [7, 11) is 0. The number of likely N-dealkylation sites (tertiary alicyclic amines) is 1. The number of hydrogen-bond acceptors (Lipinski definition) is 3. The number of carbonyl (C=O) groups excluding carboxylic acids is 1. The molecule has 1 aromatic carbocycles. The van der Waals surface area contributed by atoms with E-state index in [2.05, 4.69) is 0 Å². The molecule has 1 heterocycles. The summed E-state index contributed by atoms with van der Waals surface area (Å²) in [6.07, 6.45) is -0.442. The number of amides is 1. The summed E-state index contributed by atoms with van der Waals surface area (Å²) in [5.74, 6) is -0.372. The van der Waals surface area contributed by atoms with Crippen molar-refractivity contribution in [1.29, 1.82) is 0 Å². The van der Waals surface area contributed by atoms with Crippen LogP contribution >= 0.6 is 0 Å². The molecule has 0 unspecified atom stereocenters. The highest BCUT2D eigenvalue weighted by Gasteiger charge is 2.33. The van der Waals surface area contributed by atoms with Crippen LogP contribution in [0.15, 0.2) is 24.3 Å². The second-order valence-electron chi connectivity index (χ2n) is 6.44. The van der Waals surface area contributed by atoms with Crippen LogP contribution in [-0.2, 0) is 4.74 Å². The molecule has 0 spiro atoms. The average Bonchev–Trinajstić information content (AvgIpc) is 2.38. The number of ether oxygens (including phenoxy) is 1. The zero-order valence-electron chi connectivity index (χ0n) is 12.7. The van der Waals surface area contributed by atoms with Crippen molar-refractivity contribution in [2.24, 2.45) is 0 Å². The van der Waals surface area contributed by atoms with Crippen molar-refractivity contribution in [1.82, 2.24) is 4.90 Å². The largest absolute Gasteiger partial charge is 0.444 e. The fourth-order valence-electron chi connectivity index (χ4n) is 2.52. The van der Waals surface area contributed by atoms with Gasteiger partial charge in [-0.3, -0.25) is 0 Å². The lowest BCUT2D eigenvalue weighted by Crippen LogP contribution is -2.47. The molecule has 116 valence electrons. The number of rotatable bonds is 1. The zero-order valence-corrected chi connectivity index (χ0v) is 12.7. The van der Waals surface area contributed by atoms with Crippen molar-refractivity contribution in [3.05, 3.63) is 35.6 Å². The predicted octanol–water partition coefficient (Wildman–Crippen LogP) is 2.91. The molecule has 2 atom stereocenters. The summed E-state index contributed by atoms with van der Waals surface area (Å²) in [5.41, 5.74) is 0.350. The van der Waals surface area contributed by atoms with Gasteiger partial charge < -0.3 is 14.7 Å². The number of β-amino-alcohol motifs (C(OH)–C–C–N with tert-alkyl or cyclic N) is 1. The zero-order chi connectivity index (χ0) is 15.6. The van der Waals surface area contributed by atoms with Gasteiger partial charge in [-0.05, 0) is 44.9 Å². The van der Waals surface area contributed by atoms with E-state index in [0.717, 1.165) is 5.56 Å². The number of aliphatic hydroxyl groups excluding tert-OH is 1. The molecule has 1 aromatic rings. The van der Waals surface area contributed by atoms with Crippen LogP contribution in [0.2, 0.25) is 0 Å². The Morgan fingerprint density at radius 1 is 1.33 bits per heavy atom. The lowest BCUT2D eigenvalue weighted by atomic mass is 9.87. The molecular formula is C16H22FNO3. The molecule has 2 rings (SSSR count). The highest BCUT2D eigenvalue weighted by atomic mass is 19.1. The Labute approximate surface area is 124 Å². The van der Waals surface area contributed by atoms with Gasteiger partial charge in [-0.15, -0.1) is 0 Å². The molecule has 0 aliphatic carbocycles. The van der Waals surface area contributed by atoms with Gasteiger partial charge in [0.25, 0.3) is 0 Å². The van der Waals surface area contributed by atoms with Gasteiger partial charge in [0, 0.05) is 12.5 Å². The Bertz CT molecular complexity index is 495. The molecule has 1 amide bonds. The van der Waals surface area contributed by atoms with Crippen molar-refractivity contribution in [3.63, 3.8) is 0 Å². The van der Waals surface area contributed by atoms with E-state index in [1.54, 1.807) is 12.1 Å². The van der Waals surface area contributed by atoms with Crippen LogP contribution in [0.1, 0.15) is 38.7 Å². The maximum atomic E-state index is 12.9. The van der Waals surface area contributed by atoms with Crippen molar-refractivity contribution < 1.29 is 19.0 Å². The van der Waals surface area contributed by atoms with E-state index < -0.39 is 17.8 Å². The van der Waals surface area contributed by atoms with E-state index in [1.165, 1.54) is 17.0 Å². The van der Waals surface area contributed by atoms with Crippen LogP contribution in [0, 0.1) is 5.82 Å². The van der Waals surface area contributed by atoms with E-state index >= 15 is 0 Å². The Morgan fingerprint density at radius 2 is 1.95 bits per heavy atom. The number of piperidine rings is 1. The first-order valence-corrected chi connectivity index (χ1v) is 7.18. The van der Waals surface area contributed by atoms with Gasteiger partial charge >= 0.3 is 6.09 Å². The average molecular weight is 295 g/mol. The van der Waals surface area contributed by atoms with Gasteiger partial charge in [-0.1, -0.05) is 12.1 Å². The molecule has 0 saturated carbocycles. The summed E-state index contributed by atoms with van der Waals surface area (Å²) in [4.78, 5) is 13.5. The van der Waals surface area contributed by atoms with Gasteiger partial charge in [-0.25, -0.2) is 9.18 Å². The molecule has 0 aromatic heterocycles. The van der Waals surface area contributed by atoms with Gasteiger partial charge in [-0.2, -0.15) is 0 Å². The topological polar surface area (TPSA) is 49.8 Å². The van der Waals surface area contributed by atoms with E-state index in [9.17, 15) is 14.3 Å². The van der Waals surface area contributed by atoms with Crippen molar-refractivity contribution in [2.45, 2.75) is 44.8 Å². The maximum absolute atomic E-state index is 12.9. The molecule has 1 N–H and O–H groups in total. The third-order valence-corrected chi connectivity index (χ3v) is 3.53. The van der Waals surface area contributed by atoms with E-state index in [-0.39, 0.29) is 18.3 Å². The molecule has 21 heavy (non-hydrogen) atoms. The summed E-state index contributed by atoms with van der Waals surface area (Å²) in [6.45, 7) is 6.19. The Kier molecular flexibility index (Phi) is 4.52. The van der Waals surface area contributed by atoms with Crippen molar-refractivity contribution in [2.75, 3.05) is 13.1 Å². The van der Waals surface area contributed by atoms with Crippen LogP contribution in [0.25, 0.3) is 0 Å². The molecule has 1 fully saturated rings. The number of halogens is 1. The van der Waals surface area contributed by atoms with Gasteiger partial charge in [0.15, 0.2) is 0 Å². The standard InChI is InChI=1S/C16H22FNO3/c1-16(2,3)21-15(20)18-9-8-13(14(19)10-18)11-4-6-12(17)7-5-11/h4-7,13-14,19H,8-10H2,1-3H3/t13-,14-/m0/s1. The van der Waals surface area contributed by atoms with Crippen molar-refractivity contribution in [3.8, 4) is 0 Å². The molecule has 1 aliphatic heterocycles. The molecular weight excluding hydrogens is 273 g/mol. The van der Waals surface area contributed by atoms with E-state index in [4.69, 9.17) is 4.74 Å². The van der Waals surface area contributed by atoms with Gasteiger partial charge in [0.2, 0.25) is 0 Å². The van der Waals surface area contributed by atoms with Crippen LogP contribution in [0.3, 0.4) is 0 Å². The smallest absolute Gasteiger partial charge is 0.410 e. The Hall–Kier alpha value is -1.62. The fourth-order valence-corrected chi connectivity index (χ4v) is 2.52. The monoisotopic (exact) mass is 295 g/mol. The quantitative estimate of drug-likeness (QED) is 0.866. The van der Waals surface area contributed by atoms with E-state index in [0.29, 0.717) is 13.0 Å². The van der Waals surface area contributed by atoms with Gasteiger partial charge in [0.1, 0.15) is 11.4 Å². The summed E-state index contributed by atoms with van der Waals surface area (Å²) in [5, 5.41) is 10.3. The highest BCUT2D eigenvalue weighted by molar-refractivity contribution is 5.68. The summed E-state index contributed by atoms with van der Waals surface area (Å²) >= 11 is 0. The first-order chi connectivity index (χ1) is 9.76. The highest BCUT2D eigenvalue weighted by Crippen LogP contribution is 2.29. The molecule has 5 heteroatoms. The minimum atomic E-state index is -0.670. The Morgan fingerprint density at radius 3 is 2.48 bits per heavy atom. The normalized spacial score (nSPS) is 23.0. The fraction of sp³-hybridized carbons (Fsp3) is 0.562. The number of carbonyl (C=O) groups is 1. The minimum Gasteiger partial charge on any atom is -0.444 e. The number of hydrogen-bond donors (Lipinski definition) is 1. The molecule has 0 bridgehead atoms. The number of aliphatic hydroxyl groups is 1. The summed E-state index contributed by atoms with van der Waals surface area (Å²) in [6, 6.07) is 6.16.